The van der Waals surface area contributed by atoms with E-state index in [4.69, 9.17) is 4.74 Å². The number of hydrogen-bond acceptors (Lipinski definition) is 4. The number of thioether (sulfide) groups is 1. The molecule has 1 saturated heterocycles. The quantitative estimate of drug-likeness (QED) is 0.730. The Balaban J connectivity index is 1.38. The monoisotopic (exact) mass is 385 g/mol. The van der Waals surface area contributed by atoms with Crippen molar-refractivity contribution in [2.24, 2.45) is 11.8 Å². The summed E-state index contributed by atoms with van der Waals surface area (Å²) in [5.41, 5.74) is 0.991. The van der Waals surface area contributed by atoms with Crippen LogP contribution >= 0.6 is 11.8 Å². The van der Waals surface area contributed by atoms with Crippen molar-refractivity contribution in [3.05, 3.63) is 36.7 Å². The number of amides is 1. The third-order valence-electron chi connectivity index (χ3n) is 5.91. The van der Waals surface area contributed by atoms with Gasteiger partial charge in [-0.15, -0.1) is 0 Å². The van der Waals surface area contributed by atoms with E-state index in [0.717, 1.165) is 41.5 Å². The zero-order valence-electron chi connectivity index (χ0n) is 15.8. The molecule has 2 aliphatic rings. The Kier molecular flexibility index (Phi) is 5.72. The van der Waals surface area contributed by atoms with E-state index in [-0.39, 0.29) is 5.91 Å². The number of carbonyl (C=O) groups excluding carboxylic acids is 1. The number of aromatic nitrogens is 2. The van der Waals surface area contributed by atoms with Crippen LogP contribution < -0.4 is 4.74 Å². The van der Waals surface area contributed by atoms with Crippen molar-refractivity contribution in [1.29, 1.82) is 0 Å². The lowest BCUT2D eigenvalue weighted by Crippen LogP contribution is -2.45. The predicted molar refractivity (Wildman–Crippen MR) is 107 cm³/mol. The van der Waals surface area contributed by atoms with Crippen molar-refractivity contribution in [2.75, 3.05) is 26.0 Å². The first-order chi connectivity index (χ1) is 13.2. The molecule has 27 heavy (non-hydrogen) atoms. The van der Waals surface area contributed by atoms with Gasteiger partial charge >= 0.3 is 0 Å². The first-order valence-corrected chi connectivity index (χ1v) is 10.8. The van der Waals surface area contributed by atoms with E-state index in [1.807, 2.05) is 35.0 Å². The summed E-state index contributed by atoms with van der Waals surface area (Å²) in [6.45, 7) is 1.87. The highest BCUT2D eigenvalue weighted by atomic mass is 32.2. The third-order valence-corrected chi connectivity index (χ3v) is 6.86. The van der Waals surface area contributed by atoms with E-state index in [1.165, 1.54) is 43.9 Å². The Hall–Kier alpha value is -1.95. The van der Waals surface area contributed by atoms with Gasteiger partial charge in [0.15, 0.2) is 5.16 Å². The van der Waals surface area contributed by atoms with Crippen molar-refractivity contribution in [3.63, 3.8) is 0 Å². The lowest BCUT2D eigenvalue weighted by atomic mass is 9.75. The Labute approximate surface area is 165 Å². The van der Waals surface area contributed by atoms with Crippen molar-refractivity contribution in [1.82, 2.24) is 14.5 Å². The average Bonchev–Trinajstić information content (AvgIpc) is 3.20. The van der Waals surface area contributed by atoms with Crippen molar-refractivity contribution < 1.29 is 9.53 Å². The second-order valence-electron chi connectivity index (χ2n) is 7.50. The molecule has 4 rings (SSSR count). The van der Waals surface area contributed by atoms with Crippen LogP contribution in [0.1, 0.15) is 32.1 Å². The molecule has 1 saturated carbocycles. The molecule has 2 aromatic rings. The molecule has 0 radical (unpaired) electrons. The van der Waals surface area contributed by atoms with Crippen LogP contribution in [0.5, 0.6) is 5.75 Å². The molecule has 1 aliphatic heterocycles. The number of rotatable bonds is 5. The lowest BCUT2D eigenvalue weighted by Gasteiger charge is -2.41. The minimum Gasteiger partial charge on any atom is -0.497 e. The first kappa shape index (κ1) is 18.4. The number of ether oxygens (including phenoxy) is 1. The summed E-state index contributed by atoms with van der Waals surface area (Å²) in [7, 11) is 1.66. The molecule has 5 nitrogen and oxygen atoms in total. The average molecular weight is 386 g/mol. The van der Waals surface area contributed by atoms with Crippen molar-refractivity contribution in [3.8, 4) is 11.4 Å². The summed E-state index contributed by atoms with van der Waals surface area (Å²) < 4.78 is 7.32. The van der Waals surface area contributed by atoms with Gasteiger partial charge < -0.3 is 9.64 Å². The normalized spacial score (nSPS) is 22.3. The van der Waals surface area contributed by atoms with Crippen LogP contribution in [0.2, 0.25) is 0 Å². The Morgan fingerprint density at radius 1 is 1.26 bits per heavy atom. The van der Waals surface area contributed by atoms with Gasteiger partial charge in [-0.05, 0) is 36.8 Å². The fraction of sp³-hybridized carbons (Fsp3) is 0.524. The van der Waals surface area contributed by atoms with E-state index in [0.29, 0.717) is 5.75 Å². The zero-order chi connectivity index (χ0) is 18.6. The van der Waals surface area contributed by atoms with Crippen LogP contribution in [0.4, 0.5) is 0 Å². The molecule has 2 heterocycles. The second kappa shape index (κ2) is 8.38. The van der Waals surface area contributed by atoms with E-state index >= 15 is 0 Å². The fourth-order valence-corrected chi connectivity index (χ4v) is 5.27. The lowest BCUT2D eigenvalue weighted by molar-refractivity contribution is -0.131. The van der Waals surface area contributed by atoms with Crippen molar-refractivity contribution >= 4 is 17.7 Å². The molecule has 2 unspecified atom stereocenters. The minimum absolute atomic E-state index is 0.240. The molecule has 1 aliphatic carbocycles. The molecular weight excluding hydrogens is 358 g/mol. The maximum Gasteiger partial charge on any atom is 0.233 e. The van der Waals surface area contributed by atoms with E-state index in [2.05, 4.69) is 9.88 Å². The second-order valence-corrected chi connectivity index (χ2v) is 8.45. The number of imidazole rings is 1. The van der Waals surface area contributed by atoms with Gasteiger partial charge in [-0.25, -0.2) is 4.98 Å². The molecule has 2 fully saturated rings. The van der Waals surface area contributed by atoms with Crippen LogP contribution in [-0.2, 0) is 4.79 Å². The number of carbonyl (C=O) groups is 1. The Morgan fingerprint density at radius 2 is 2.11 bits per heavy atom. The topological polar surface area (TPSA) is 47.4 Å². The van der Waals surface area contributed by atoms with Crippen LogP contribution in [0.15, 0.2) is 41.8 Å². The number of piperidine rings is 1. The number of hydrogen-bond donors (Lipinski definition) is 0. The largest absolute Gasteiger partial charge is 0.497 e. The maximum absolute atomic E-state index is 12.8. The molecule has 2 atom stereocenters. The summed E-state index contributed by atoms with van der Waals surface area (Å²) in [4.78, 5) is 19.3. The molecule has 0 bridgehead atoms. The van der Waals surface area contributed by atoms with Crippen LogP contribution in [0.3, 0.4) is 0 Å². The standard InChI is InChI=1S/C21H27N3O2S/c1-26-19-8-4-7-18(13-19)24-12-10-22-21(24)27-15-20(25)23-11-9-16-5-2-3-6-17(16)14-23/h4,7-8,10,12-13,16-17H,2-3,5-6,9,11,14-15H2,1H3. The molecule has 0 spiro atoms. The zero-order valence-corrected chi connectivity index (χ0v) is 16.7. The summed E-state index contributed by atoms with van der Waals surface area (Å²) >= 11 is 1.51. The smallest absolute Gasteiger partial charge is 0.233 e. The Morgan fingerprint density at radius 3 is 2.96 bits per heavy atom. The number of benzene rings is 1. The summed E-state index contributed by atoms with van der Waals surface area (Å²) in [5, 5.41) is 0.837. The van der Waals surface area contributed by atoms with E-state index in [9.17, 15) is 4.79 Å². The highest BCUT2D eigenvalue weighted by Gasteiger charge is 2.32. The first-order valence-electron chi connectivity index (χ1n) is 9.83. The van der Waals surface area contributed by atoms with Crippen LogP contribution in [0.25, 0.3) is 5.69 Å². The molecule has 1 aromatic carbocycles. The highest BCUT2D eigenvalue weighted by molar-refractivity contribution is 7.99. The molecule has 144 valence electrons. The van der Waals surface area contributed by atoms with Crippen molar-refractivity contribution in [2.45, 2.75) is 37.3 Å². The molecule has 1 aromatic heterocycles. The number of nitrogens with zero attached hydrogens (tertiary/aromatic N) is 3. The number of fused-ring (bicyclic) bond motifs is 1. The van der Waals surface area contributed by atoms with Gasteiger partial charge in [0.1, 0.15) is 5.75 Å². The molecular formula is C21H27N3O2S. The van der Waals surface area contributed by atoms with E-state index in [1.54, 1.807) is 13.3 Å². The van der Waals surface area contributed by atoms with Gasteiger partial charge in [0.2, 0.25) is 5.91 Å². The third kappa shape index (κ3) is 4.15. The van der Waals surface area contributed by atoms with E-state index < -0.39 is 0 Å². The van der Waals surface area contributed by atoms with Gasteiger partial charge in [-0.2, -0.15) is 0 Å². The molecule has 6 heteroatoms. The summed E-state index contributed by atoms with van der Waals surface area (Å²) in [6, 6.07) is 7.87. The molecule has 1 amide bonds. The highest BCUT2D eigenvalue weighted by Crippen LogP contribution is 2.36. The summed E-state index contributed by atoms with van der Waals surface area (Å²) in [5.74, 6) is 3.06. The number of likely N-dealkylation sites (tertiary alicyclic amines) is 1. The minimum atomic E-state index is 0.240. The Bertz CT molecular complexity index is 791. The fourth-order valence-electron chi connectivity index (χ4n) is 4.40. The van der Waals surface area contributed by atoms with Gasteiger partial charge in [0.05, 0.1) is 18.6 Å². The van der Waals surface area contributed by atoms with Crippen LogP contribution in [-0.4, -0.2) is 46.3 Å². The summed E-state index contributed by atoms with van der Waals surface area (Å²) in [6.07, 6.45) is 10.2. The predicted octanol–water partition coefficient (Wildman–Crippen LogP) is 4.01. The van der Waals surface area contributed by atoms with Gasteiger partial charge in [-0.3, -0.25) is 9.36 Å². The maximum atomic E-state index is 12.8. The van der Waals surface area contributed by atoms with Gasteiger partial charge in [0.25, 0.3) is 0 Å². The van der Waals surface area contributed by atoms with Gasteiger partial charge in [-0.1, -0.05) is 37.1 Å². The SMILES string of the molecule is COc1cccc(-n2ccnc2SCC(=O)N2CCC3CCCCC3C2)c1. The van der Waals surface area contributed by atoms with Crippen LogP contribution in [0, 0.1) is 11.8 Å². The molecule has 0 N–H and O–H groups in total. The number of methoxy groups -OCH3 is 1. The van der Waals surface area contributed by atoms with Gasteiger partial charge in [0, 0.05) is 31.5 Å².